The van der Waals surface area contributed by atoms with Crippen molar-refractivity contribution >= 4 is 0 Å². The minimum atomic E-state index is -0.0978. The van der Waals surface area contributed by atoms with Crippen LogP contribution in [-0.2, 0) is 11.8 Å². The molecule has 4 aromatic carbocycles. The van der Waals surface area contributed by atoms with Crippen LogP contribution in [0.3, 0.4) is 0 Å². The Hall–Kier alpha value is -3.12. The van der Waals surface area contributed by atoms with Crippen molar-refractivity contribution < 1.29 is 0 Å². The van der Waals surface area contributed by atoms with Gasteiger partial charge in [0.05, 0.1) is 0 Å². The van der Waals surface area contributed by atoms with Crippen LogP contribution in [0.15, 0.2) is 121 Å². The van der Waals surface area contributed by atoms with E-state index in [9.17, 15) is 0 Å². The lowest BCUT2D eigenvalue weighted by Crippen LogP contribution is -2.29. The quantitative estimate of drug-likeness (QED) is 0.142. The third kappa shape index (κ3) is 6.26. The molecule has 34 heavy (non-hydrogen) atoms. The zero-order valence-corrected chi connectivity index (χ0v) is 20.4. The predicted molar refractivity (Wildman–Crippen MR) is 146 cm³/mol. The number of aryl methyl sites for hydroxylation is 1. The molecule has 0 aliphatic carbocycles. The van der Waals surface area contributed by atoms with Crippen molar-refractivity contribution in [3.8, 4) is 0 Å². The fraction of sp³-hybridized carbons (Fsp3) is 0.294. The van der Waals surface area contributed by atoms with Crippen LogP contribution >= 0.6 is 0 Å². The van der Waals surface area contributed by atoms with E-state index < -0.39 is 0 Å². The maximum Gasteiger partial charge on any atom is 0.0451 e. The summed E-state index contributed by atoms with van der Waals surface area (Å²) in [7, 11) is 0. The summed E-state index contributed by atoms with van der Waals surface area (Å²) in [5.41, 5.74) is 5.57. The van der Waals surface area contributed by atoms with Crippen LogP contribution in [0.25, 0.3) is 0 Å². The molecule has 0 saturated carbocycles. The smallest absolute Gasteiger partial charge is 0.0451 e. The summed E-state index contributed by atoms with van der Waals surface area (Å²) in [6.45, 7) is 0. The van der Waals surface area contributed by atoms with E-state index >= 15 is 0 Å². The van der Waals surface area contributed by atoms with Gasteiger partial charge in [-0.15, -0.1) is 0 Å². The third-order valence-electron chi connectivity index (χ3n) is 7.16. The average molecular weight is 447 g/mol. The normalized spacial score (nSPS) is 11.4. The topological polar surface area (TPSA) is 0 Å². The van der Waals surface area contributed by atoms with Gasteiger partial charge in [-0.2, -0.15) is 0 Å². The van der Waals surface area contributed by atoms with Gasteiger partial charge in [0, 0.05) is 5.41 Å². The second-order valence-electron chi connectivity index (χ2n) is 9.46. The van der Waals surface area contributed by atoms with Crippen molar-refractivity contribution in [2.24, 2.45) is 0 Å². The summed E-state index contributed by atoms with van der Waals surface area (Å²) in [5, 5.41) is 0. The fourth-order valence-electron chi connectivity index (χ4n) is 5.35. The molecule has 4 aromatic rings. The zero-order chi connectivity index (χ0) is 23.3. The number of hydrogen-bond acceptors (Lipinski definition) is 0. The van der Waals surface area contributed by atoms with E-state index in [4.69, 9.17) is 0 Å². The van der Waals surface area contributed by atoms with Crippen molar-refractivity contribution in [3.05, 3.63) is 144 Å². The van der Waals surface area contributed by atoms with Crippen molar-refractivity contribution in [2.75, 3.05) is 0 Å². The van der Waals surface area contributed by atoms with Crippen LogP contribution in [0.1, 0.15) is 73.6 Å². The van der Waals surface area contributed by atoms with E-state index in [1.165, 1.54) is 73.6 Å². The van der Waals surface area contributed by atoms with Gasteiger partial charge < -0.3 is 0 Å². The minimum Gasteiger partial charge on any atom is -0.0622 e. The molecule has 0 N–H and O–H groups in total. The largest absolute Gasteiger partial charge is 0.0622 e. The molecular formula is C34H38. The molecule has 0 heteroatoms. The van der Waals surface area contributed by atoms with Crippen LogP contribution < -0.4 is 0 Å². The van der Waals surface area contributed by atoms with Crippen molar-refractivity contribution in [1.82, 2.24) is 0 Å². The lowest BCUT2D eigenvalue weighted by atomic mass is 9.66. The van der Waals surface area contributed by atoms with Crippen molar-refractivity contribution in [3.63, 3.8) is 0 Å². The Morgan fingerprint density at radius 2 is 0.706 bits per heavy atom. The molecule has 0 unspecified atom stereocenters. The molecule has 0 aliphatic rings. The van der Waals surface area contributed by atoms with Crippen molar-refractivity contribution in [1.29, 1.82) is 0 Å². The maximum absolute atomic E-state index is 2.31. The summed E-state index contributed by atoms with van der Waals surface area (Å²) in [6, 6.07) is 44.3. The Morgan fingerprint density at radius 1 is 0.353 bits per heavy atom. The monoisotopic (exact) mass is 446 g/mol. The predicted octanol–water partition coefficient (Wildman–Crippen LogP) is 9.38. The second kappa shape index (κ2) is 12.9. The van der Waals surface area contributed by atoms with Crippen LogP contribution in [0.2, 0.25) is 0 Å². The Bertz CT molecular complexity index is 955. The van der Waals surface area contributed by atoms with Gasteiger partial charge in [-0.25, -0.2) is 0 Å². The first-order valence-corrected chi connectivity index (χ1v) is 13.1. The molecule has 0 bridgehead atoms. The molecular weight excluding hydrogens is 408 g/mol. The molecule has 0 heterocycles. The summed E-state index contributed by atoms with van der Waals surface area (Å²) in [5.74, 6) is 0. The number of benzene rings is 4. The summed E-state index contributed by atoms with van der Waals surface area (Å²) < 4.78 is 0. The first kappa shape index (κ1) is 24.0. The average Bonchev–Trinajstić information content (AvgIpc) is 2.92. The Balaban J connectivity index is 1.36. The van der Waals surface area contributed by atoms with Gasteiger partial charge in [-0.1, -0.05) is 160 Å². The summed E-state index contributed by atoms with van der Waals surface area (Å²) >= 11 is 0. The van der Waals surface area contributed by atoms with Gasteiger partial charge in [-0.05, 0) is 41.5 Å². The number of unbranched alkanes of at least 4 members (excludes halogenated alkanes) is 6. The highest BCUT2D eigenvalue weighted by atomic mass is 14.4. The van der Waals surface area contributed by atoms with Crippen molar-refractivity contribution in [2.45, 2.75) is 63.2 Å². The Labute approximate surface area is 206 Å². The third-order valence-corrected chi connectivity index (χ3v) is 7.16. The zero-order valence-electron chi connectivity index (χ0n) is 20.4. The van der Waals surface area contributed by atoms with E-state index in [1.54, 1.807) is 0 Å². The number of rotatable bonds is 13. The van der Waals surface area contributed by atoms with E-state index in [0.717, 1.165) is 6.42 Å². The van der Waals surface area contributed by atoms with Crippen LogP contribution in [0.4, 0.5) is 0 Å². The van der Waals surface area contributed by atoms with Gasteiger partial charge in [0.15, 0.2) is 0 Å². The van der Waals surface area contributed by atoms with Crippen LogP contribution in [0.5, 0.6) is 0 Å². The lowest BCUT2D eigenvalue weighted by molar-refractivity contribution is 0.495. The van der Waals surface area contributed by atoms with Gasteiger partial charge in [0.1, 0.15) is 0 Å². The molecule has 0 saturated heterocycles. The standard InChI is InChI=1S/C34H38/c1(2-4-10-20-30-21-11-6-12-22-30)3-5-19-29-34(31-23-13-7-14-24-31,32-25-15-8-16-26-32)33-27-17-9-18-28-33/h6-9,11-18,21-28H,1-5,10,19-20,29H2. The maximum atomic E-state index is 2.31. The molecule has 0 aromatic heterocycles. The molecule has 0 amide bonds. The Kier molecular flexibility index (Phi) is 9.14. The molecule has 0 aliphatic heterocycles. The highest BCUT2D eigenvalue weighted by molar-refractivity contribution is 5.50. The molecule has 4 rings (SSSR count). The highest BCUT2D eigenvalue weighted by Crippen LogP contribution is 2.43. The number of hydrogen-bond donors (Lipinski definition) is 0. The van der Waals surface area contributed by atoms with Gasteiger partial charge >= 0.3 is 0 Å². The lowest BCUT2D eigenvalue weighted by Gasteiger charge is -2.36. The molecule has 0 spiro atoms. The summed E-state index contributed by atoms with van der Waals surface area (Å²) in [6.07, 6.45) is 11.6. The van der Waals surface area contributed by atoms with Gasteiger partial charge in [0.25, 0.3) is 0 Å². The molecule has 0 radical (unpaired) electrons. The molecule has 0 atom stereocenters. The minimum absolute atomic E-state index is 0.0978. The summed E-state index contributed by atoms with van der Waals surface area (Å²) in [4.78, 5) is 0. The Morgan fingerprint density at radius 3 is 1.15 bits per heavy atom. The van der Waals surface area contributed by atoms with Crippen LogP contribution in [-0.4, -0.2) is 0 Å². The highest BCUT2D eigenvalue weighted by Gasteiger charge is 2.35. The van der Waals surface area contributed by atoms with E-state index in [1.807, 2.05) is 0 Å². The first-order chi connectivity index (χ1) is 16.9. The molecule has 0 fully saturated rings. The van der Waals surface area contributed by atoms with Gasteiger partial charge in [0.2, 0.25) is 0 Å². The molecule has 0 nitrogen and oxygen atoms in total. The molecule has 174 valence electrons. The second-order valence-corrected chi connectivity index (χ2v) is 9.46. The van der Waals surface area contributed by atoms with E-state index in [-0.39, 0.29) is 5.41 Å². The van der Waals surface area contributed by atoms with Gasteiger partial charge in [-0.3, -0.25) is 0 Å². The first-order valence-electron chi connectivity index (χ1n) is 13.1. The fourth-order valence-corrected chi connectivity index (χ4v) is 5.35. The van der Waals surface area contributed by atoms with E-state index in [0.29, 0.717) is 0 Å². The SMILES string of the molecule is c1ccc(CCCCCCCCCC(c2ccccc2)(c2ccccc2)c2ccccc2)cc1. The van der Waals surface area contributed by atoms with E-state index in [2.05, 4.69) is 121 Å². The van der Waals surface area contributed by atoms with Crippen LogP contribution in [0, 0.1) is 0 Å².